The normalized spacial score (nSPS) is 30.7. The van der Waals surface area contributed by atoms with Gasteiger partial charge in [0.15, 0.2) is 0 Å². The zero-order chi connectivity index (χ0) is 22.9. The lowest BCUT2D eigenvalue weighted by Gasteiger charge is -2.50. The molecule has 0 radical (unpaired) electrons. The number of fused-ring (bicyclic) bond motifs is 1. The Balaban J connectivity index is 1.74. The van der Waals surface area contributed by atoms with Gasteiger partial charge < -0.3 is 14.6 Å². The summed E-state index contributed by atoms with van der Waals surface area (Å²) in [6, 6.07) is 21.4. The zero-order valence-corrected chi connectivity index (χ0v) is 20.8. The molecule has 0 aliphatic heterocycles. The standard InChI is InChI=1S/C28H38O3Si/c1-20-15-16-21-17-22(18-26(30)27(21)25(20)19-29)31-32(28(2,3)4,23-11-7-5-8-12-23)24-13-9-6-10-14-24/h5-16,20-22,25-27,29-30H,17-19H2,1-4H3/t20-,21?,22+,25-,26?,27?/m0/s1. The van der Waals surface area contributed by atoms with Gasteiger partial charge in [-0.1, -0.05) is 101 Å². The molecule has 0 amide bonds. The van der Waals surface area contributed by atoms with Crippen LogP contribution in [-0.4, -0.2) is 37.3 Å². The van der Waals surface area contributed by atoms with E-state index >= 15 is 0 Å². The molecule has 2 aromatic rings. The maximum atomic E-state index is 11.2. The topological polar surface area (TPSA) is 49.7 Å². The van der Waals surface area contributed by atoms with Gasteiger partial charge in [0.2, 0.25) is 0 Å². The van der Waals surface area contributed by atoms with Crippen LogP contribution in [0.25, 0.3) is 0 Å². The highest BCUT2D eigenvalue weighted by molar-refractivity contribution is 6.99. The van der Waals surface area contributed by atoms with Crippen molar-refractivity contribution in [3.8, 4) is 0 Å². The van der Waals surface area contributed by atoms with E-state index in [0.717, 1.165) is 6.42 Å². The maximum absolute atomic E-state index is 11.2. The lowest BCUT2D eigenvalue weighted by atomic mass is 9.63. The highest BCUT2D eigenvalue weighted by Crippen LogP contribution is 2.46. The molecule has 32 heavy (non-hydrogen) atoms. The molecule has 2 aromatic carbocycles. The van der Waals surface area contributed by atoms with Gasteiger partial charge >= 0.3 is 0 Å². The van der Waals surface area contributed by atoms with E-state index < -0.39 is 14.4 Å². The first-order valence-electron chi connectivity index (χ1n) is 12.0. The van der Waals surface area contributed by atoms with Gasteiger partial charge in [-0.25, -0.2) is 0 Å². The van der Waals surface area contributed by atoms with Crippen molar-refractivity contribution in [3.05, 3.63) is 72.8 Å². The third-order valence-electron chi connectivity index (χ3n) is 7.78. The van der Waals surface area contributed by atoms with Crippen molar-refractivity contribution in [2.24, 2.45) is 23.7 Å². The number of aliphatic hydroxyl groups excluding tert-OH is 2. The predicted octanol–water partition coefficient (Wildman–Crippen LogP) is 4.13. The largest absolute Gasteiger partial charge is 0.404 e. The predicted molar refractivity (Wildman–Crippen MR) is 134 cm³/mol. The van der Waals surface area contributed by atoms with Crippen LogP contribution in [-0.2, 0) is 4.43 Å². The quantitative estimate of drug-likeness (QED) is 0.532. The molecule has 0 saturated heterocycles. The van der Waals surface area contributed by atoms with E-state index in [1.165, 1.54) is 10.4 Å². The van der Waals surface area contributed by atoms with Gasteiger partial charge in [0.1, 0.15) is 0 Å². The van der Waals surface area contributed by atoms with Crippen LogP contribution in [0.3, 0.4) is 0 Å². The fraction of sp³-hybridized carbons (Fsp3) is 0.500. The summed E-state index contributed by atoms with van der Waals surface area (Å²) in [6.07, 6.45) is 5.54. The molecule has 3 nitrogen and oxygen atoms in total. The second kappa shape index (κ2) is 9.26. The number of aliphatic hydroxyl groups is 2. The van der Waals surface area contributed by atoms with E-state index in [4.69, 9.17) is 4.43 Å². The maximum Gasteiger partial charge on any atom is 0.261 e. The average Bonchev–Trinajstić information content (AvgIpc) is 2.78. The van der Waals surface area contributed by atoms with Crippen LogP contribution in [0.2, 0.25) is 5.04 Å². The van der Waals surface area contributed by atoms with E-state index in [0.29, 0.717) is 12.3 Å². The Morgan fingerprint density at radius 1 is 0.906 bits per heavy atom. The van der Waals surface area contributed by atoms with Crippen molar-refractivity contribution in [2.45, 2.75) is 57.8 Å². The van der Waals surface area contributed by atoms with Crippen LogP contribution in [0, 0.1) is 23.7 Å². The van der Waals surface area contributed by atoms with Crippen molar-refractivity contribution in [3.63, 3.8) is 0 Å². The Labute approximate surface area is 194 Å². The van der Waals surface area contributed by atoms with Crippen LogP contribution < -0.4 is 10.4 Å². The second-order valence-electron chi connectivity index (χ2n) is 10.8. The molecule has 0 spiro atoms. The Morgan fingerprint density at radius 3 is 1.97 bits per heavy atom. The molecule has 2 aliphatic carbocycles. The van der Waals surface area contributed by atoms with Crippen molar-refractivity contribution in [2.75, 3.05) is 6.61 Å². The van der Waals surface area contributed by atoms with Crippen molar-refractivity contribution < 1.29 is 14.6 Å². The van der Waals surface area contributed by atoms with E-state index in [2.05, 4.69) is 101 Å². The molecule has 172 valence electrons. The number of allylic oxidation sites excluding steroid dienone is 2. The Kier molecular flexibility index (Phi) is 6.78. The van der Waals surface area contributed by atoms with Crippen LogP contribution in [0.15, 0.2) is 72.8 Å². The van der Waals surface area contributed by atoms with Crippen LogP contribution in [0.1, 0.15) is 40.5 Å². The van der Waals surface area contributed by atoms with E-state index in [1.807, 2.05) is 0 Å². The molecule has 0 aromatic heterocycles. The molecule has 2 N–H and O–H groups in total. The zero-order valence-electron chi connectivity index (χ0n) is 19.8. The first kappa shape index (κ1) is 23.4. The molecule has 0 bridgehead atoms. The SMILES string of the molecule is C[C@H]1C=CC2C[C@@H](O[Si](c3ccccc3)(c3ccccc3)C(C)(C)C)CC(O)C2[C@H]1CO. The monoisotopic (exact) mass is 450 g/mol. The molecular formula is C28H38O3Si. The molecule has 3 unspecified atom stereocenters. The fourth-order valence-corrected chi connectivity index (χ4v) is 10.9. The summed E-state index contributed by atoms with van der Waals surface area (Å²) in [5.41, 5.74) is 0. The Morgan fingerprint density at radius 2 is 1.47 bits per heavy atom. The summed E-state index contributed by atoms with van der Waals surface area (Å²) in [5, 5.41) is 23.7. The number of rotatable bonds is 5. The van der Waals surface area contributed by atoms with E-state index in [-0.39, 0.29) is 35.5 Å². The molecule has 4 rings (SSSR count). The van der Waals surface area contributed by atoms with Crippen LogP contribution >= 0.6 is 0 Å². The number of hydrogen-bond donors (Lipinski definition) is 2. The van der Waals surface area contributed by atoms with Gasteiger partial charge in [0, 0.05) is 12.7 Å². The first-order valence-corrected chi connectivity index (χ1v) is 13.9. The summed E-state index contributed by atoms with van der Waals surface area (Å²) < 4.78 is 7.31. The van der Waals surface area contributed by atoms with Gasteiger partial charge in [-0.15, -0.1) is 0 Å². The van der Waals surface area contributed by atoms with Crippen molar-refractivity contribution in [1.29, 1.82) is 0 Å². The highest BCUT2D eigenvalue weighted by Gasteiger charge is 2.53. The van der Waals surface area contributed by atoms with Gasteiger partial charge in [0.05, 0.1) is 6.10 Å². The summed E-state index contributed by atoms with van der Waals surface area (Å²) >= 11 is 0. The smallest absolute Gasteiger partial charge is 0.261 e. The lowest BCUT2D eigenvalue weighted by molar-refractivity contribution is -0.0585. The summed E-state index contributed by atoms with van der Waals surface area (Å²) in [6.45, 7) is 9.16. The average molecular weight is 451 g/mol. The fourth-order valence-electron chi connectivity index (χ4n) is 6.22. The number of hydrogen-bond acceptors (Lipinski definition) is 3. The first-order chi connectivity index (χ1) is 15.3. The van der Waals surface area contributed by atoms with Crippen LogP contribution in [0.5, 0.6) is 0 Å². The van der Waals surface area contributed by atoms with Crippen LogP contribution in [0.4, 0.5) is 0 Å². The van der Waals surface area contributed by atoms with Gasteiger partial charge in [-0.3, -0.25) is 0 Å². The van der Waals surface area contributed by atoms with Crippen molar-refractivity contribution in [1.82, 2.24) is 0 Å². The van der Waals surface area contributed by atoms with Gasteiger partial charge in [-0.2, -0.15) is 0 Å². The molecule has 6 atom stereocenters. The Bertz CT molecular complexity index is 866. The molecule has 4 heteroatoms. The molecule has 1 fully saturated rings. The summed E-state index contributed by atoms with van der Waals surface area (Å²) in [4.78, 5) is 0. The second-order valence-corrected chi connectivity index (χ2v) is 15.0. The molecule has 1 saturated carbocycles. The number of benzene rings is 2. The Hall–Kier alpha value is -1.72. The van der Waals surface area contributed by atoms with Gasteiger partial charge in [-0.05, 0) is 51.9 Å². The summed E-state index contributed by atoms with van der Waals surface area (Å²) in [5.74, 6) is 0.771. The molecule has 0 heterocycles. The highest BCUT2D eigenvalue weighted by atomic mass is 28.4. The van der Waals surface area contributed by atoms with Gasteiger partial charge in [0.25, 0.3) is 8.32 Å². The minimum atomic E-state index is -2.65. The van der Waals surface area contributed by atoms with E-state index in [9.17, 15) is 10.2 Å². The minimum absolute atomic E-state index is 0.0186. The van der Waals surface area contributed by atoms with Crippen molar-refractivity contribution >= 4 is 18.7 Å². The molecular weight excluding hydrogens is 412 g/mol. The third kappa shape index (κ3) is 4.14. The summed E-state index contributed by atoms with van der Waals surface area (Å²) in [7, 11) is -2.65. The third-order valence-corrected chi connectivity index (χ3v) is 12.9. The van der Waals surface area contributed by atoms with E-state index in [1.54, 1.807) is 0 Å². The lowest BCUT2D eigenvalue weighted by Crippen LogP contribution is -2.68. The minimum Gasteiger partial charge on any atom is -0.404 e. The molecule has 2 aliphatic rings.